The second kappa shape index (κ2) is 7.98. The average molecular weight is 433 g/mol. The highest BCUT2D eigenvalue weighted by molar-refractivity contribution is 7.98. The Kier molecular flexibility index (Phi) is 5.72. The van der Waals surface area contributed by atoms with Gasteiger partial charge in [0.25, 0.3) is 0 Å². The Bertz CT molecular complexity index is 1060. The number of hydrogen-bond acceptors (Lipinski definition) is 8. The summed E-state index contributed by atoms with van der Waals surface area (Å²) in [5.41, 5.74) is 4.46. The predicted molar refractivity (Wildman–Crippen MR) is 121 cm³/mol. The maximum absolute atomic E-state index is 9.27. The highest BCUT2D eigenvalue weighted by atomic mass is 32.2. The van der Waals surface area contributed by atoms with Crippen molar-refractivity contribution in [1.82, 2.24) is 15.0 Å². The van der Waals surface area contributed by atoms with E-state index in [0.29, 0.717) is 19.1 Å². The van der Waals surface area contributed by atoms with Crippen LogP contribution in [0.2, 0.25) is 0 Å². The van der Waals surface area contributed by atoms with Gasteiger partial charge < -0.3 is 15.2 Å². The molecule has 0 aromatic carbocycles. The Labute approximate surface area is 179 Å². The fourth-order valence-corrected chi connectivity index (χ4v) is 5.36. The molecule has 3 aromatic rings. The number of fused-ring (bicyclic) bond motifs is 5. The van der Waals surface area contributed by atoms with Crippen molar-refractivity contribution in [2.24, 2.45) is 5.92 Å². The summed E-state index contributed by atoms with van der Waals surface area (Å²) in [6.07, 6.45) is 3.76. The molecule has 4 rings (SSSR count). The van der Waals surface area contributed by atoms with E-state index in [1.54, 1.807) is 11.3 Å². The highest BCUT2D eigenvalue weighted by Gasteiger charge is 2.32. The molecular weight excluding hydrogens is 404 g/mol. The van der Waals surface area contributed by atoms with Crippen LogP contribution >= 0.6 is 23.1 Å². The summed E-state index contributed by atoms with van der Waals surface area (Å²) in [6, 6.07) is 0. The van der Waals surface area contributed by atoms with Crippen molar-refractivity contribution in [3.8, 4) is 0 Å². The van der Waals surface area contributed by atoms with Gasteiger partial charge in [0.05, 0.1) is 29.0 Å². The summed E-state index contributed by atoms with van der Waals surface area (Å²) in [5, 5.41) is 14.4. The molecule has 156 valence electrons. The number of thiophene rings is 1. The molecule has 0 fully saturated rings. The van der Waals surface area contributed by atoms with Crippen molar-refractivity contribution in [3.63, 3.8) is 0 Å². The Morgan fingerprint density at radius 3 is 2.72 bits per heavy atom. The van der Waals surface area contributed by atoms with Gasteiger partial charge in [0.15, 0.2) is 5.16 Å². The minimum Gasteiger partial charge on any atom is -0.395 e. The van der Waals surface area contributed by atoms with Crippen molar-refractivity contribution < 1.29 is 9.84 Å². The number of ether oxygens (including phenoxy) is 1. The van der Waals surface area contributed by atoms with Gasteiger partial charge in [-0.1, -0.05) is 25.6 Å². The third-order valence-corrected chi connectivity index (χ3v) is 6.77. The lowest BCUT2D eigenvalue weighted by molar-refractivity contribution is -0.0402. The van der Waals surface area contributed by atoms with E-state index in [2.05, 4.69) is 38.0 Å². The van der Waals surface area contributed by atoms with Crippen LogP contribution in [0, 0.1) is 5.92 Å². The molecule has 0 amide bonds. The summed E-state index contributed by atoms with van der Waals surface area (Å²) in [6.45, 7) is 9.86. The van der Waals surface area contributed by atoms with Gasteiger partial charge in [0.1, 0.15) is 10.6 Å². The first-order valence-corrected chi connectivity index (χ1v) is 12.0. The van der Waals surface area contributed by atoms with Crippen molar-refractivity contribution >= 4 is 49.3 Å². The van der Waals surface area contributed by atoms with Crippen LogP contribution in [0.5, 0.6) is 0 Å². The number of hydrogen-bond donors (Lipinski definition) is 2. The zero-order valence-corrected chi connectivity index (χ0v) is 19.3. The number of aliphatic hydroxyl groups is 1. The summed E-state index contributed by atoms with van der Waals surface area (Å²) in [5.74, 6) is 1.31. The Balaban J connectivity index is 2.03. The molecule has 0 aliphatic carbocycles. The zero-order chi connectivity index (χ0) is 20.8. The Hall–Kier alpha value is -1.48. The molecule has 0 radical (unpaired) electrons. The van der Waals surface area contributed by atoms with E-state index < -0.39 is 0 Å². The maximum Gasteiger partial charge on any atom is 0.189 e. The molecular formula is C21H28N4O2S2. The average Bonchev–Trinajstić information content (AvgIpc) is 3.03. The van der Waals surface area contributed by atoms with E-state index in [0.717, 1.165) is 49.9 Å². The standard InChI is InChI=1S/C21H28N4O2S2/c1-11(2)8-14-13-10-27-21(3,4)9-12(13)15-16-17(29-19(15)23-14)18(22-6-7-26)25-20(24-16)28-5/h11,26H,6-10H2,1-5H3,(H,22,24,25). The van der Waals surface area contributed by atoms with Gasteiger partial charge in [0, 0.05) is 29.6 Å². The van der Waals surface area contributed by atoms with Crippen molar-refractivity contribution in [2.45, 2.75) is 57.9 Å². The molecule has 2 N–H and O–H groups in total. The summed E-state index contributed by atoms with van der Waals surface area (Å²) < 4.78 is 7.17. The van der Waals surface area contributed by atoms with Gasteiger partial charge in [0.2, 0.25) is 0 Å². The van der Waals surface area contributed by atoms with E-state index in [4.69, 9.17) is 14.7 Å². The van der Waals surface area contributed by atoms with Gasteiger partial charge >= 0.3 is 0 Å². The quantitative estimate of drug-likeness (QED) is 0.441. The monoisotopic (exact) mass is 432 g/mol. The van der Waals surface area contributed by atoms with Gasteiger partial charge in [-0.15, -0.1) is 11.3 Å². The number of pyridine rings is 1. The first-order chi connectivity index (χ1) is 13.8. The predicted octanol–water partition coefficient (Wildman–Crippen LogP) is 4.42. The van der Waals surface area contributed by atoms with Crippen LogP contribution in [-0.2, 0) is 24.2 Å². The van der Waals surface area contributed by atoms with Crippen LogP contribution in [0.15, 0.2) is 5.16 Å². The van der Waals surface area contributed by atoms with E-state index in [1.165, 1.54) is 22.9 Å². The summed E-state index contributed by atoms with van der Waals surface area (Å²) in [7, 11) is 0. The van der Waals surface area contributed by atoms with Crippen molar-refractivity contribution in [1.29, 1.82) is 0 Å². The van der Waals surface area contributed by atoms with E-state index in [9.17, 15) is 5.11 Å². The first-order valence-electron chi connectivity index (χ1n) is 10.0. The number of thioether (sulfide) groups is 1. The van der Waals surface area contributed by atoms with Crippen molar-refractivity contribution in [3.05, 3.63) is 16.8 Å². The molecule has 0 saturated heterocycles. The minimum atomic E-state index is -0.210. The smallest absolute Gasteiger partial charge is 0.189 e. The second-order valence-corrected chi connectivity index (χ2v) is 10.3. The molecule has 6 nitrogen and oxygen atoms in total. The lowest BCUT2D eigenvalue weighted by Gasteiger charge is -2.33. The number of anilines is 1. The van der Waals surface area contributed by atoms with Crippen LogP contribution in [0.4, 0.5) is 5.82 Å². The van der Waals surface area contributed by atoms with Gasteiger partial charge in [-0.25, -0.2) is 15.0 Å². The molecule has 0 bridgehead atoms. The van der Waals surface area contributed by atoms with Crippen LogP contribution < -0.4 is 5.32 Å². The fourth-order valence-electron chi connectivity index (χ4n) is 3.86. The SMILES string of the molecule is CSc1nc(NCCO)c2sc3nc(CC(C)C)c4c(c3c2n1)CC(C)(C)OC4. The van der Waals surface area contributed by atoms with Gasteiger partial charge in [-0.2, -0.15) is 0 Å². The molecule has 8 heteroatoms. The second-order valence-electron chi connectivity index (χ2n) is 8.51. The van der Waals surface area contributed by atoms with Crippen molar-refractivity contribution in [2.75, 3.05) is 24.7 Å². The van der Waals surface area contributed by atoms with E-state index in [-0.39, 0.29) is 12.2 Å². The topological polar surface area (TPSA) is 80.2 Å². The molecule has 4 heterocycles. The molecule has 1 aliphatic heterocycles. The molecule has 1 aliphatic rings. The summed E-state index contributed by atoms with van der Waals surface area (Å²) >= 11 is 3.17. The zero-order valence-electron chi connectivity index (χ0n) is 17.6. The number of nitrogens with one attached hydrogen (secondary N) is 1. The Morgan fingerprint density at radius 2 is 2.03 bits per heavy atom. The normalized spacial score (nSPS) is 16.0. The summed E-state index contributed by atoms with van der Waals surface area (Å²) in [4.78, 5) is 15.6. The number of aromatic nitrogens is 3. The van der Waals surface area contributed by atoms with Crippen LogP contribution in [0.1, 0.15) is 44.5 Å². The third kappa shape index (κ3) is 3.95. The highest BCUT2D eigenvalue weighted by Crippen LogP contribution is 2.43. The third-order valence-electron chi connectivity index (χ3n) is 5.14. The van der Waals surface area contributed by atoms with E-state index in [1.807, 2.05) is 6.26 Å². The number of nitrogens with zero attached hydrogens (tertiary/aromatic N) is 3. The van der Waals surface area contributed by atoms with Gasteiger partial charge in [-0.05, 0) is 38.0 Å². The molecule has 0 saturated carbocycles. The number of rotatable bonds is 6. The van der Waals surface area contributed by atoms with Crippen LogP contribution in [0.25, 0.3) is 20.4 Å². The van der Waals surface area contributed by atoms with Crippen LogP contribution in [0.3, 0.4) is 0 Å². The lowest BCUT2D eigenvalue weighted by Crippen LogP contribution is -2.33. The molecule has 0 spiro atoms. The maximum atomic E-state index is 9.27. The minimum absolute atomic E-state index is 0.0582. The first kappa shape index (κ1) is 20.8. The van der Waals surface area contributed by atoms with Gasteiger partial charge in [-0.3, -0.25) is 0 Å². The fraction of sp³-hybridized carbons (Fsp3) is 0.571. The molecule has 0 atom stereocenters. The van der Waals surface area contributed by atoms with Crippen LogP contribution in [-0.4, -0.2) is 45.1 Å². The number of aliphatic hydroxyl groups excluding tert-OH is 1. The van der Waals surface area contributed by atoms with E-state index >= 15 is 0 Å². The lowest BCUT2D eigenvalue weighted by atomic mass is 9.88. The largest absolute Gasteiger partial charge is 0.395 e. The molecule has 0 unspecified atom stereocenters. The Morgan fingerprint density at radius 1 is 1.24 bits per heavy atom. The molecule has 29 heavy (non-hydrogen) atoms. The molecule has 3 aromatic heterocycles.